The first-order valence-corrected chi connectivity index (χ1v) is 6.66. The zero-order chi connectivity index (χ0) is 12.4. The minimum absolute atomic E-state index is 0.712. The Morgan fingerprint density at radius 1 is 1.06 bits per heavy atom. The molecule has 4 nitrogen and oxygen atoms in total. The van der Waals surface area contributed by atoms with Gasteiger partial charge in [-0.15, -0.1) is 0 Å². The normalized spacial score (nSPS) is 20.8. The van der Waals surface area contributed by atoms with Crippen LogP contribution in [0, 0.1) is 0 Å². The summed E-state index contributed by atoms with van der Waals surface area (Å²) >= 11 is 0. The molecular formula is C14H19N3O. The summed E-state index contributed by atoms with van der Waals surface area (Å²) in [4.78, 5) is 15.4. The highest BCUT2D eigenvalue weighted by Gasteiger charge is 2.31. The summed E-state index contributed by atoms with van der Waals surface area (Å²) in [5, 5.41) is 2.66. The fourth-order valence-electron chi connectivity index (χ4n) is 2.62. The van der Waals surface area contributed by atoms with Gasteiger partial charge in [-0.2, -0.15) is 0 Å². The average Bonchev–Trinajstić information content (AvgIpc) is 3.25. The lowest BCUT2D eigenvalue weighted by molar-refractivity contribution is -0.105. The predicted octanol–water partition coefficient (Wildman–Crippen LogP) is 1.54. The van der Waals surface area contributed by atoms with Crippen LogP contribution in [-0.2, 0) is 4.79 Å². The van der Waals surface area contributed by atoms with Crippen LogP contribution in [0.1, 0.15) is 12.8 Å². The maximum Gasteiger partial charge on any atom is 0.211 e. The molecule has 0 bridgehead atoms. The van der Waals surface area contributed by atoms with Crippen LogP contribution in [0.3, 0.4) is 0 Å². The molecule has 18 heavy (non-hydrogen) atoms. The quantitative estimate of drug-likeness (QED) is 0.817. The maximum absolute atomic E-state index is 10.3. The lowest BCUT2D eigenvalue weighted by Crippen LogP contribution is -2.47. The number of nitrogens with one attached hydrogen (secondary N) is 1. The molecular weight excluding hydrogens is 226 g/mol. The molecule has 1 aromatic rings. The number of anilines is 2. The van der Waals surface area contributed by atoms with Crippen LogP contribution in [0.25, 0.3) is 0 Å². The molecule has 1 heterocycles. The summed E-state index contributed by atoms with van der Waals surface area (Å²) in [6.45, 7) is 4.58. The Morgan fingerprint density at radius 2 is 1.72 bits per heavy atom. The van der Waals surface area contributed by atoms with E-state index < -0.39 is 0 Å². The number of carbonyl (C=O) groups excluding carboxylic acids is 1. The molecule has 3 rings (SSSR count). The van der Waals surface area contributed by atoms with Crippen molar-refractivity contribution in [1.82, 2.24) is 4.90 Å². The van der Waals surface area contributed by atoms with Crippen molar-refractivity contribution in [3.63, 3.8) is 0 Å². The van der Waals surface area contributed by atoms with Crippen LogP contribution in [0.15, 0.2) is 24.3 Å². The monoisotopic (exact) mass is 245 g/mol. The van der Waals surface area contributed by atoms with Gasteiger partial charge in [0.05, 0.1) is 0 Å². The van der Waals surface area contributed by atoms with E-state index in [0.717, 1.165) is 24.8 Å². The minimum atomic E-state index is 0.712. The van der Waals surface area contributed by atoms with E-state index in [0.29, 0.717) is 6.41 Å². The molecule has 2 aliphatic rings. The Bertz CT molecular complexity index is 406. The van der Waals surface area contributed by atoms with Crippen molar-refractivity contribution in [1.29, 1.82) is 0 Å². The molecule has 0 unspecified atom stereocenters. The van der Waals surface area contributed by atoms with E-state index in [4.69, 9.17) is 0 Å². The molecule has 1 saturated carbocycles. The van der Waals surface area contributed by atoms with Gasteiger partial charge in [0.25, 0.3) is 0 Å². The van der Waals surface area contributed by atoms with Crippen molar-refractivity contribution >= 4 is 17.8 Å². The molecule has 0 spiro atoms. The van der Waals surface area contributed by atoms with E-state index in [1.165, 1.54) is 31.6 Å². The Labute approximate surface area is 108 Å². The first-order valence-electron chi connectivity index (χ1n) is 6.66. The van der Waals surface area contributed by atoms with Crippen LogP contribution in [0.2, 0.25) is 0 Å². The Balaban J connectivity index is 1.59. The van der Waals surface area contributed by atoms with Gasteiger partial charge in [-0.25, -0.2) is 0 Å². The SMILES string of the molecule is O=CNc1ccc(N2CCN(C3CC3)CC2)cc1. The largest absolute Gasteiger partial charge is 0.369 e. The fraction of sp³-hybridized carbons (Fsp3) is 0.500. The Morgan fingerprint density at radius 3 is 2.28 bits per heavy atom. The van der Waals surface area contributed by atoms with Gasteiger partial charge in [-0.1, -0.05) is 0 Å². The molecule has 0 radical (unpaired) electrons. The van der Waals surface area contributed by atoms with Gasteiger partial charge >= 0.3 is 0 Å². The lowest BCUT2D eigenvalue weighted by atomic mass is 10.2. The minimum Gasteiger partial charge on any atom is -0.369 e. The van der Waals surface area contributed by atoms with Gasteiger partial charge in [0.2, 0.25) is 6.41 Å². The Kier molecular flexibility index (Phi) is 3.19. The number of rotatable bonds is 4. The van der Waals surface area contributed by atoms with Crippen LogP contribution >= 0.6 is 0 Å². The molecule has 1 amide bonds. The number of piperazine rings is 1. The van der Waals surface area contributed by atoms with Crippen molar-refractivity contribution in [3.8, 4) is 0 Å². The van der Waals surface area contributed by atoms with Crippen LogP contribution < -0.4 is 10.2 Å². The highest BCUT2D eigenvalue weighted by Crippen LogP contribution is 2.28. The molecule has 4 heteroatoms. The van der Waals surface area contributed by atoms with E-state index in [1.54, 1.807) is 0 Å². The van der Waals surface area contributed by atoms with Crippen LogP contribution in [0.4, 0.5) is 11.4 Å². The van der Waals surface area contributed by atoms with Crippen molar-refractivity contribution in [2.24, 2.45) is 0 Å². The number of nitrogens with zero attached hydrogens (tertiary/aromatic N) is 2. The molecule has 1 aliphatic heterocycles. The zero-order valence-corrected chi connectivity index (χ0v) is 10.5. The molecule has 0 atom stereocenters. The maximum atomic E-state index is 10.3. The smallest absolute Gasteiger partial charge is 0.211 e. The molecule has 1 N–H and O–H groups in total. The number of hydrogen-bond donors (Lipinski definition) is 1. The van der Waals surface area contributed by atoms with E-state index in [1.807, 2.05) is 12.1 Å². The number of hydrogen-bond acceptors (Lipinski definition) is 3. The van der Waals surface area contributed by atoms with E-state index >= 15 is 0 Å². The van der Waals surface area contributed by atoms with Crippen molar-refractivity contribution in [3.05, 3.63) is 24.3 Å². The van der Waals surface area contributed by atoms with Crippen LogP contribution in [0.5, 0.6) is 0 Å². The van der Waals surface area contributed by atoms with Crippen molar-refractivity contribution in [2.45, 2.75) is 18.9 Å². The van der Waals surface area contributed by atoms with Gasteiger partial charge in [0, 0.05) is 43.6 Å². The highest BCUT2D eigenvalue weighted by atomic mass is 16.1. The Hall–Kier alpha value is -1.55. The molecule has 96 valence electrons. The summed E-state index contributed by atoms with van der Waals surface area (Å²) in [5.74, 6) is 0. The third-order valence-electron chi connectivity index (χ3n) is 3.84. The summed E-state index contributed by atoms with van der Waals surface area (Å²) in [7, 11) is 0. The molecule has 1 saturated heterocycles. The summed E-state index contributed by atoms with van der Waals surface area (Å²) < 4.78 is 0. The third kappa shape index (κ3) is 2.48. The molecule has 2 fully saturated rings. The number of carbonyl (C=O) groups is 1. The first-order chi connectivity index (χ1) is 8.86. The summed E-state index contributed by atoms with van der Waals surface area (Å²) in [5.41, 5.74) is 2.10. The first kappa shape index (κ1) is 11.5. The number of benzene rings is 1. The summed E-state index contributed by atoms with van der Waals surface area (Å²) in [6.07, 6.45) is 3.50. The second-order valence-electron chi connectivity index (χ2n) is 5.06. The lowest BCUT2D eigenvalue weighted by Gasteiger charge is -2.36. The average molecular weight is 245 g/mol. The van der Waals surface area contributed by atoms with Gasteiger partial charge in [0.1, 0.15) is 0 Å². The van der Waals surface area contributed by atoms with E-state index in [2.05, 4.69) is 27.2 Å². The third-order valence-corrected chi connectivity index (χ3v) is 3.84. The molecule has 0 aromatic heterocycles. The zero-order valence-electron chi connectivity index (χ0n) is 10.5. The van der Waals surface area contributed by atoms with E-state index in [9.17, 15) is 4.79 Å². The van der Waals surface area contributed by atoms with Gasteiger partial charge < -0.3 is 10.2 Å². The second-order valence-corrected chi connectivity index (χ2v) is 5.06. The fourth-order valence-corrected chi connectivity index (χ4v) is 2.62. The van der Waals surface area contributed by atoms with Gasteiger partial charge in [-0.05, 0) is 37.1 Å². The van der Waals surface area contributed by atoms with Gasteiger partial charge in [-0.3, -0.25) is 9.69 Å². The summed E-state index contributed by atoms with van der Waals surface area (Å²) in [6, 6.07) is 8.96. The van der Waals surface area contributed by atoms with Crippen molar-refractivity contribution < 1.29 is 4.79 Å². The molecule has 1 aliphatic carbocycles. The van der Waals surface area contributed by atoms with Crippen LogP contribution in [-0.4, -0.2) is 43.5 Å². The predicted molar refractivity (Wildman–Crippen MR) is 72.9 cm³/mol. The van der Waals surface area contributed by atoms with E-state index in [-0.39, 0.29) is 0 Å². The number of amides is 1. The van der Waals surface area contributed by atoms with Crippen molar-refractivity contribution in [2.75, 3.05) is 36.4 Å². The van der Waals surface area contributed by atoms with Gasteiger partial charge in [0.15, 0.2) is 0 Å². The second kappa shape index (κ2) is 4.98. The molecule has 1 aromatic carbocycles. The topological polar surface area (TPSA) is 35.6 Å². The standard InChI is InChI=1S/C14H19N3O/c18-11-15-12-1-3-13(4-2-12)16-7-9-17(10-8-16)14-5-6-14/h1-4,11,14H,5-10H2,(H,15,18). The highest BCUT2D eigenvalue weighted by molar-refractivity contribution is 5.72.